The number of fused-ring (bicyclic) bond motifs is 1. The fourth-order valence-electron chi connectivity index (χ4n) is 2.69. The van der Waals surface area contributed by atoms with E-state index in [-0.39, 0.29) is 23.7 Å². The quantitative estimate of drug-likeness (QED) is 0.808. The molecule has 1 aromatic carbocycles. The number of ether oxygens (including phenoxy) is 2. The van der Waals surface area contributed by atoms with Gasteiger partial charge in [-0.3, -0.25) is 0 Å². The number of esters is 1. The second kappa shape index (κ2) is 5.52. The number of methoxy groups -OCH3 is 2. The van der Waals surface area contributed by atoms with E-state index in [1.54, 1.807) is 0 Å². The molecule has 1 fully saturated rings. The number of halogens is 3. The molecule has 0 saturated heterocycles. The predicted octanol–water partition coefficient (Wildman–Crippen LogP) is 3.32. The number of hydrogen-bond donors (Lipinski definition) is 0. The summed E-state index contributed by atoms with van der Waals surface area (Å²) in [5.41, 5.74) is -0.180. The summed E-state index contributed by atoms with van der Waals surface area (Å²) in [6.45, 7) is 0.114. The van der Waals surface area contributed by atoms with Crippen LogP contribution >= 0.6 is 0 Å². The lowest BCUT2D eigenvalue weighted by Gasteiger charge is -2.09. The van der Waals surface area contributed by atoms with Crippen molar-refractivity contribution in [3.63, 3.8) is 0 Å². The number of alkyl halides is 3. The molecule has 2 aromatic rings. The Labute approximate surface area is 130 Å². The molecule has 1 aliphatic rings. The van der Waals surface area contributed by atoms with Crippen LogP contribution in [0.2, 0.25) is 0 Å². The zero-order valence-corrected chi connectivity index (χ0v) is 12.6. The average Bonchev–Trinajstić information content (AvgIpc) is 3.26. The normalized spacial score (nSPS) is 15.2. The molecule has 8 heteroatoms. The van der Waals surface area contributed by atoms with Gasteiger partial charge in [0.05, 0.1) is 23.9 Å². The highest BCUT2D eigenvalue weighted by Crippen LogP contribution is 2.45. The summed E-state index contributed by atoms with van der Waals surface area (Å²) < 4.78 is 50.7. The second-order valence-electron chi connectivity index (χ2n) is 5.49. The van der Waals surface area contributed by atoms with Crippen LogP contribution in [0.15, 0.2) is 12.1 Å². The molecule has 0 amide bonds. The summed E-state index contributed by atoms with van der Waals surface area (Å²) in [6, 6.07) is 1.84. The van der Waals surface area contributed by atoms with Crippen molar-refractivity contribution in [2.24, 2.45) is 0 Å². The van der Waals surface area contributed by atoms with Crippen molar-refractivity contribution in [2.75, 3.05) is 14.2 Å². The van der Waals surface area contributed by atoms with Gasteiger partial charge in [-0.05, 0) is 25.0 Å². The van der Waals surface area contributed by atoms with Gasteiger partial charge in [0.15, 0.2) is 0 Å². The number of nitrogens with zero attached hydrogens (tertiary/aromatic N) is 2. The average molecular weight is 328 g/mol. The lowest BCUT2D eigenvalue weighted by atomic mass is 10.0. The molecule has 23 heavy (non-hydrogen) atoms. The maximum atomic E-state index is 13.2. The summed E-state index contributed by atoms with van der Waals surface area (Å²) in [4.78, 5) is 11.9. The summed E-state index contributed by atoms with van der Waals surface area (Å²) in [7, 11) is 2.60. The van der Waals surface area contributed by atoms with Crippen molar-refractivity contribution in [2.45, 2.75) is 31.7 Å². The molecule has 0 atom stereocenters. The molecular weight excluding hydrogens is 313 g/mol. The van der Waals surface area contributed by atoms with Gasteiger partial charge in [0.2, 0.25) is 0 Å². The van der Waals surface area contributed by atoms with Crippen LogP contribution in [0.25, 0.3) is 10.9 Å². The van der Waals surface area contributed by atoms with E-state index >= 15 is 0 Å². The summed E-state index contributed by atoms with van der Waals surface area (Å²) >= 11 is 0. The molecule has 124 valence electrons. The van der Waals surface area contributed by atoms with Gasteiger partial charge < -0.3 is 9.47 Å². The van der Waals surface area contributed by atoms with Crippen LogP contribution in [0.1, 0.15) is 40.4 Å². The van der Waals surface area contributed by atoms with Gasteiger partial charge in [0, 0.05) is 18.4 Å². The van der Waals surface area contributed by atoms with Gasteiger partial charge in [-0.25, -0.2) is 9.48 Å². The first-order valence-electron chi connectivity index (χ1n) is 7.05. The Kier molecular flexibility index (Phi) is 3.79. The minimum absolute atomic E-state index is 0.114. The van der Waals surface area contributed by atoms with Gasteiger partial charge in [0.1, 0.15) is 12.2 Å². The fraction of sp³-hybridized carbons (Fsp3) is 0.467. The van der Waals surface area contributed by atoms with E-state index in [9.17, 15) is 18.0 Å². The first-order valence-corrected chi connectivity index (χ1v) is 7.05. The van der Waals surface area contributed by atoms with E-state index in [0.29, 0.717) is 11.1 Å². The van der Waals surface area contributed by atoms with Crippen molar-refractivity contribution in [1.29, 1.82) is 0 Å². The topological polar surface area (TPSA) is 53.4 Å². The van der Waals surface area contributed by atoms with Crippen molar-refractivity contribution in [1.82, 2.24) is 9.78 Å². The Bertz CT molecular complexity index is 763. The van der Waals surface area contributed by atoms with Crippen molar-refractivity contribution in [3.8, 4) is 0 Å². The SMILES string of the molecule is COCn1nc2c(C(=O)OC)cc(C(F)(F)F)cc2c1C1CC1. The minimum atomic E-state index is -4.55. The molecule has 5 nitrogen and oxygen atoms in total. The zero-order chi connectivity index (χ0) is 16.8. The van der Waals surface area contributed by atoms with E-state index in [1.807, 2.05) is 0 Å². The molecule has 0 aliphatic heterocycles. The highest BCUT2D eigenvalue weighted by atomic mass is 19.4. The van der Waals surface area contributed by atoms with Gasteiger partial charge >= 0.3 is 12.1 Å². The van der Waals surface area contributed by atoms with Crippen LogP contribution in [-0.2, 0) is 22.4 Å². The van der Waals surface area contributed by atoms with E-state index in [1.165, 1.54) is 11.8 Å². The summed E-state index contributed by atoms with van der Waals surface area (Å²) in [5, 5.41) is 4.61. The minimum Gasteiger partial charge on any atom is -0.465 e. The molecule has 1 heterocycles. The maximum absolute atomic E-state index is 13.2. The smallest absolute Gasteiger partial charge is 0.416 e. The number of rotatable bonds is 4. The number of aromatic nitrogens is 2. The highest BCUT2D eigenvalue weighted by molar-refractivity contribution is 6.04. The lowest BCUT2D eigenvalue weighted by molar-refractivity contribution is -0.137. The Balaban J connectivity index is 2.31. The first kappa shape index (κ1) is 15.8. The Morgan fingerprint density at radius 3 is 2.57 bits per heavy atom. The van der Waals surface area contributed by atoms with Crippen LogP contribution in [0.3, 0.4) is 0 Å². The zero-order valence-electron chi connectivity index (χ0n) is 12.6. The monoisotopic (exact) mass is 328 g/mol. The van der Waals surface area contributed by atoms with Gasteiger partial charge in [0.25, 0.3) is 0 Å². The molecular formula is C15H15F3N2O3. The van der Waals surface area contributed by atoms with Crippen LogP contribution < -0.4 is 0 Å². The van der Waals surface area contributed by atoms with E-state index in [0.717, 1.165) is 32.1 Å². The molecule has 0 radical (unpaired) electrons. The van der Waals surface area contributed by atoms with E-state index in [4.69, 9.17) is 4.74 Å². The van der Waals surface area contributed by atoms with Crippen molar-refractivity contribution < 1.29 is 27.4 Å². The van der Waals surface area contributed by atoms with Crippen LogP contribution in [0.4, 0.5) is 13.2 Å². The fourth-order valence-corrected chi connectivity index (χ4v) is 2.69. The van der Waals surface area contributed by atoms with Gasteiger partial charge in [-0.15, -0.1) is 0 Å². The molecule has 0 bridgehead atoms. The molecule has 1 saturated carbocycles. The van der Waals surface area contributed by atoms with Crippen LogP contribution in [-0.4, -0.2) is 30.0 Å². The Morgan fingerprint density at radius 1 is 1.35 bits per heavy atom. The van der Waals surface area contributed by atoms with Gasteiger partial charge in [-0.1, -0.05) is 0 Å². The molecule has 3 rings (SSSR count). The van der Waals surface area contributed by atoms with E-state index < -0.39 is 17.7 Å². The summed E-state index contributed by atoms with van der Waals surface area (Å²) in [6.07, 6.45) is -2.79. The Hall–Kier alpha value is -2.09. The van der Waals surface area contributed by atoms with Crippen molar-refractivity contribution >= 4 is 16.9 Å². The maximum Gasteiger partial charge on any atom is 0.416 e. The number of hydrogen-bond acceptors (Lipinski definition) is 4. The van der Waals surface area contributed by atoms with Crippen LogP contribution in [0.5, 0.6) is 0 Å². The predicted molar refractivity (Wildman–Crippen MR) is 75.1 cm³/mol. The lowest BCUT2D eigenvalue weighted by Crippen LogP contribution is -2.09. The second-order valence-corrected chi connectivity index (χ2v) is 5.49. The summed E-state index contributed by atoms with van der Waals surface area (Å²) in [5.74, 6) is -0.699. The molecule has 1 aromatic heterocycles. The Morgan fingerprint density at radius 2 is 2.04 bits per heavy atom. The van der Waals surface area contributed by atoms with Crippen LogP contribution in [0, 0.1) is 0 Å². The largest absolute Gasteiger partial charge is 0.465 e. The molecule has 0 spiro atoms. The number of carbonyl (C=O) groups excluding carboxylic acids is 1. The third kappa shape index (κ3) is 2.78. The van der Waals surface area contributed by atoms with Gasteiger partial charge in [-0.2, -0.15) is 18.3 Å². The third-order valence-corrected chi connectivity index (χ3v) is 3.83. The van der Waals surface area contributed by atoms with Crippen molar-refractivity contribution in [3.05, 3.63) is 29.0 Å². The molecule has 0 unspecified atom stereocenters. The number of carbonyl (C=O) groups is 1. The molecule has 1 aliphatic carbocycles. The molecule has 0 N–H and O–H groups in total. The third-order valence-electron chi connectivity index (χ3n) is 3.83. The highest BCUT2D eigenvalue weighted by Gasteiger charge is 2.36. The standard InChI is InChI=1S/C15H15F3N2O3/c1-22-7-20-13(8-3-4-8)10-5-9(15(16,17)18)6-11(12(10)19-20)14(21)23-2/h5-6,8H,3-4,7H2,1-2H3. The van der Waals surface area contributed by atoms with E-state index in [2.05, 4.69) is 9.84 Å². The first-order chi connectivity index (χ1) is 10.9. The number of benzene rings is 1.